The minimum absolute atomic E-state index is 0.600. The van der Waals surface area contributed by atoms with Gasteiger partial charge < -0.3 is 4.90 Å². The van der Waals surface area contributed by atoms with Crippen LogP contribution in [0.2, 0.25) is 5.02 Å². The number of halogens is 1. The second-order valence-electron chi connectivity index (χ2n) is 6.81. The van der Waals surface area contributed by atoms with Gasteiger partial charge in [-0.3, -0.25) is 0 Å². The molecule has 1 nitrogen and oxygen atoms in total. The van der Waals surface area contributed by atoms with Crippen LogP contribution in [0.25, 0.3) is 0 Å². The van der Waals surface area contributed by atoms with E-state index in [-0.39, 0.29) is 0 Å². The lowest BCUT2D eigenvalue weighted by atomic mass is 9.82. The molecule has 0 amide bonds. The normalized spacial score (nSPS) is 14.7. The van der Waals surface area contributed by atoms with E-state index in [2.05, 4.69) is 51.9 Å². The lowest BCUT2D eigenvalue weighted by molar-refractivity contribution is 0.210. The van der Waals surface area contributed by atoms with Gasteiger partial charge in [0.05, 0.1) is 0 Å². The molecule has 0 heterocycles. The molecule has 0 aliphatic rings. The van der Waals surface area contributed by atoms with Crippen LogP contribution in [-0.4, -0.2) is 25.0 Å². The molecule has 0 aromatic heterocycles. The molecule has 1 rings (SSSR count). The number of benzene rings is 1. The van der Waals surface area contributed by atoms with Gasteiger partial charge in [-0.25, -0.2) is 0 Å². The Labute approximate surface area is 136 Å². The highest BCUT2D eigenvalue weighted by atomic mass is 35.5. The maximum absolute atomic E-state index is 6.06. The molecule has 2 unspecified atom stereocenters. The molecule has 0 saturated carbocycles. The Bertz CT molecular complexity index is 383. The van der Waals surface area contributed by atoms with Gasteiger partial charge in [-0.05, 0) is 56.5 Å². The van der Waals surface area contributed by atoms with E-state index in [1.807, 2.05) is 12.1 Å². The molecule has 2 heteroatoms. The first-order valence-electron chi connectivity index (χ1n) is 8.37. The Morgan fingerprint density at radius 3 is 2.14 bits per heavy atom. The summed E-state index contributed by atoms with van der Waals surface area (Å²) in [5.74, 6) is 1.32. The van der Waals surface area contributed by atoms with Crippen LogP contribution in [0.4, 0.5) is 0 Å². The van der Waals surface area contributed by atoms with Crippen molar-refractivity contribution in [1.82, 2.24) is 4.90 Å². The number of hydrogen-bond acceptors (Lipinski definition) is 1. The first kappa shape index (κ1) is 18.5. The minimum atomic E-state index is 0.600. The number of hydrogen-bond donors (Lipinski definition) is 0. The van der Waals surface area contributed by atoms with Crippen molar-refractivity contribution in [2.24, 2.45) is 5.92 Å². The van der Waals surface area contributed by atoms with E-state index in [9.17, 15) is 0 Å². The van der Waals surface area contributed by atoms with E-state index >= 15 is 0 Å². The lowest BCUT2D eigenvalue weighted by Gasteiger charge is -2.34. The van der Waals surface area contributed by atoms with E-state index in [1.54, 1.807) is 0 Å². The molecule has 0 fully saturated rings. The van der Waals surface area contributed by atoms with Crippen molar-refractivity contribution in [3.63, 3.8) is 0 Å². The van der Waals surface area contributed by atoms with E-state index in [0.717, 1.165) is 10.9 Å². The summed E-state index contributed by atoms with van der Waals surface area (Å²) in [6.07, 6.45) is 6.43. The first-order chi connectivity index (χ1) is 9.95. The van der Waals surface area contributed by atoms with Crippen LogP contribution in [0.3, 0.4) is 0 Å². The van der Waals surface area contributed by atoms with Crippen molar-refractivity contribution in [2.75, 3.05) is 14.1 Å². The van der Waals surface area contributed by atoms with Gasteiger partial charge in [-0.1, -0.05) is 63.8 Å². The Kier molecular flexibility index (Phi) is 8.36. The second kappa shape index (κ2) is 9.48. The zero-order chi connectivity index (χ0) is 15.8. The molecule has 0 aliphatic carbocycles. The van der Waals surface area contributed by atoms with Gasteiger partial charge in [0.15, 0.2) is 0 Å². The van der Waals surface area contributed by atoms with Gasteiger partial charge in [0.25, 0.3) is 0 Å². The number of nitrogens with zero attached hydrogens (tertiary/aromatic N) is 1. The Hall–Kier alpha value is -0.530. The van der Waals surface area contributed by atoms with Crippen LogP contribution < -0.4 is 0 Å². The molecule has 0 saturated heterocycles. The monoisotopic (exact) mass is 309 g/mol. The number of rotatable bonds is 9. The number of likely N-dealkylation sites (N-methyl/N-ethyl adjacent to an activating group) is 1. The predicted molar refractivity (Wildman–Crippen MR) is 95.3 cm³/mol. The summed E-state index contributed by atoms with van der Waals surface area (Å²) in [6.45, 7) is 6.91. The highest BCUT2D eigenvalue weighted by Crippen LogP contribution is 2.32. The predicted octanol–water partition coefficient (Wildman–Crippen LogP) is 5.98. The van der Waals surface area contributed by atoms with Gasteiger partial charge in [-0.2, -0.15) is 0 Å². The maximum atomic E-state index is 6.06. The van der Waals surface area contributed by atoms with Gasteiger partial charge >= 0.3 is 0 Å². The fourth-order valence-electron chi connectivity index (χ4n) is 3.12. The molecule has 120 valence electrons. The van der Waals surface area contributed by atoms with E-state index in [1.165, 1.54) is 37.7 Å². The van der Waals surface area contributed by atoms with E-state index in [0.29, 0.717) is 12.0 Å². The average Bonchev–Trinajstić information content (AvgIpc) is 2.42. The third-order valence-electron chi connectivity index (χ3n) is 4.26. The SMILES string of the molecule is CCCCCC(c1ccc(Cl)cc1)C(CC(C)C)N(C)C. The maximum Gasteiger partial charge on any atom is 0.0406 e. The Balaban J connectivity index is 2.94. The Morgan fingerprint density at radius 1 is 1.05 bits per heavy atom. The van der Waals surface area contributed by atoms with Crippen LogP contribution >= 0.6 is 11.6 Å². The van der Waals surface area contributed by atoms with Gasteiger partial charge in [0, 0.05) is 11.1 Å². The van der Waals surface area contributed by atoms with Crippen molar-refractivity contribution in [3.05, 3.63) is 34.9 Å². The fraction of sp³-hybridized carbons (Fsp3) is 0.684. The third-order valence-corrected chi connectivity index (χ3v) is 4.51. The van der Waals surface area contributed by atoms with Gasteiger partial charge in [0.2, 0.25) is 0 Å². The van der Waals surface area contributed by atoms with Crippen molar-refractivity contribution in [1.29, 1.82) is 0 Å². The average molecular weight is 310 g/mol. The molecule has 0 aliphatic heterocycles. The van der Waals surface area contributed by atoms with E-state index < -0.39 is 0 Å². The third kappa shape index (κ3) is 6.40. The molecular formula is C19H32ClN. The molecule has 1 aromatic carbocycles. The topological polar surface area (TPSA) is 3.24 Å². The van der Waals surface area contributed by atoms with Crippen LogP contribution in [0.1, 0.15) is 64.4 Å². The molecule has 2 atom stereocenters. The quantitative estimate of drug-likeness (QED) is 0.507. The lowest BCUT2D eigenvalue weighted by Crippen LogP contribution is -2.35. The van der Waals surface area contributed by atoms with Crippen molar-refractivity contribution in [3.8, 4) is 0 Å². The fourth-order valence-corrected chi connectivity index (χ4v) is 3.25. The van der Waals surface area contributed by atoms with Crippen LogP contribution in [0.5, 0.6) is 0 Å². The zero-order valence-corrected chi connectivity index (χ0v) is 15.2. The zero-order valence-electron chi connectivity index (χ0n) is 14.4. The van der Waals surface area contributed by atoms with Crippen LogP contribution in [-0.2, 0) is 0 Å². The van der Waals surface area contributed by atoms with Gasteiger partial charge in [0.1, 0.15) is 0 Å². The summed E-state index contributed by atoms with van der Waals surface area (Å²) >= 11 is 6.06. The molecule has 0 bridgehead atoms. The standard InChI is InChI=1S/C19H32ClN/c1-6-7-8-9-18(16-10-12-17(20)13-11-16)19(21(4)5)14-15(2)3/h10-13,15,18-19H,6-9,14H2,1-5H3. The highest BCUT2D eigenvalue weighted by Gasteiger charge is 2.25. The molecular weight excluding hydrogens is 278 g/mol. The summed E-state index contributed by atoms with van der Waals surface area (Å²) in [5.41, 5.74) is 1.44. The summed E-state index contributed by atoms with van der Waals surface area (Å²) in [6, 6.07) is 9.10. The largest absolute Gasteiger partial charge is 0.306 e. The first-order valence-corrected chi connectivity index (χ1v) is 8.75. The summed E-state index contributed by atoms with van der Waals surface area (Å²) < 4.78 is 0. The molecule has 1 aromatic rings. The van der Waals surface area contributed by atoms with E-state index in [4.69, 9.17) is 11.6 Å². The highest BCUT2D eigenvalue weighted by molar-refractivity contribution is 6.30. The molecule has 21 heavy (non-hydrogen) atoms. The van der Waals surface area contributed by atoms with Gasteiger partial charge in [-0.15, -0.1) is 0 Å². The smallest absolute Gasteiger partial charge is 0.0406 e. The molecule has 0 N–H and O–H groups in total. The summed E-state index contributed by atoms with van der Waals surface area (Å²) in [4.78, 5) is 2.41. The number of unbranched alkanes of at least 4 members (excludes halogenated alkanes) is 2. The summed E-state index contributed by atoms with van der Waals surface area (Å²) in [5, 5.41) is 0.830. The van der Waals surface area contributed by atoms with Crippen molar-refractivity contribution in [2.45, 2.75) is 64.8 Å². The molecule has 0 radical (unpaired) electrons. The summed E-state index contributed by atoms with van der Waals surface area (Å²) in [7, 11) is 4.44. The van der Waals surface area contributed by atoms with Crippen molar-refractivity contribution < 1.29 is 0 Å². The van der Waals surface area contributed by atoms with Crippen molar-refractivity contribution >= 4 is 11.6 Å². The molecule has 0 spiro atoms. The Morgan fingerprint density at radius 2 is 1.67 bits per heavy atom. The van der Waals surface area contributed by atoms with Crippen LogP contribution in [0, 0.1) is 5.92 Å². The minimum Gasteiger partial charge on any atom is -0.306 e. The van der Waals surface area contributed by atoms with Crippen LogP contribution in [0.15, 0.2) is 24.3 Å². The second-order valence-corrected chi connectivity index (χ2v) is 7.25.